The first-order valence-electron chi connectivity index (χ1n) is 10.8. The summed E-state index contributed by atoms with van der Waals surface area (Å²) in [6, 6.07) is 12.0. The number of fused-ring (bicyclic) bond motifs is 1. The maximum atomic E-state index is 12.4. The number of thiophene rings is 1. The van der Waals surface area contributed by atoms with Gasteiger partial charge in [0.2, 0.25) is 0 Å². The second-order valence-electron chi connectivity index (χ2n) is 7.76. The van der Waals surface area contributed by atoms with Gasteiger partial charge >= 0.3 is 0 Å². The van der Waals surface area contributed by atoms with Crippen molar-refractivity contribution in [3.8, 4) is 10.6 Å². The number of nitrogens with zero attached hydrogens (tertiary/aromatic N) is 5. The molecule has 33 heavy (non-hydrogen) atoms. The van der Waals surface area contributed by atoms with Gasteiger partial charge < -0.3 is 9.47 Å². The van der Waals surface area contributed by atoms with E-state index in [0.29, 0.717) is 0 Å². The Balaban J connectivity index is 1.25. The van der Waals surface area contributed by atoms with Crippen LogP contribution in [0.3, 0.4) is 0 Å². The molecule has 0 unspecified atom stereocenters. The molecule has 0 atom stereocenters. The van der Waals surface area contributed by atoms with Crippen LogP contribution in [0.15, 0.2) is 52.0 Å². The van der Waals surface area contributed by atoms with Crippen molar-refractivity contribution in [2.45, 2.75) is 24.4 Å². The van der Waals surface area contributed by atoms with Gasteiger partial charge in [0.05, 0.1) is 32.8 Å². The summed E-state index contributed by atoms with van der Waals surface area (Å²) in [7, 11) is 1.96. The molecule has 4 heterocycles. The summed E-state index contributed by atoms with van der Waals surface area (Å²) in [5, 5.41) is 8.13. The van der Waals surface area contributed by atoms with E-state index in [2.05, 4.69) is 31.9 Å². The van der Waals surface area contributed by atoms with Crippen molar-refractivity contribution in [2.75, 3.05) is 23.7 Å². The van der Waals surface area contributed by atoms with Crippen molar-refractivity contribution in [1.82, 2.24) is 20.0 Å². The maximum Gasteiger partial charge on any atom is 0.250 e. The van der Waals surface area contributed by atoms with E-state index in [4.69, 9.17) is 4.98 Å². The Morgan fingerprint density at radius 3 is 2.82 bits per heavy atom. The third kappa shape index (κ3) is 4.97. The lowest BCUT2D eigenvalue weighted by molar-refractivity contribution is -0.118. The standard InChI is InChI=1S/C23H24N6OS3/c1-28-17-9-4-3-8-16(17)25-22(28)32-15-20(30)27-24-14-19-21(18-10-7-13-31-18)26-23(33-19)29-11-5-2-6-12-29/h3-4,7-10,13-14H,2,5-6,11-12,15H2,1H3,(H,27,30). The zero-order chi connectivity index (χ0) is 22.6. The molecule has 3 aromatic heterocycles. The number of carbonyl (C=O) groups excluding carboxylic acids is 1. The lowest BCUT2D eigenvalue weighted by atomic mass is 10.1. The third-order valence-electron chi connectivity index (χ3n) is 5.47. The van der Waals surface area contributed by atoms with E-state index < -0.39 is 0 Å². The van der Waals surface area contributed by atoms with Crippen LogP contribution in [0.4, 0.5) is 5.13 Å². The van der Waals surface area contributed by atoms with Gasteiger partial charge in [-0.1, -0.05) is 41.3 Å². The molecule has 1 amide bonds. The predicted octanol–water partition coefficient (Wildman–Crippen LogP) is 4.99. The minimum Gasteiger partial charge on any atom is -0.348 e. The minimum atomic E-state index is -0.165. The second kappa shape index (κ2) is 10.1. The van der Waals surface area contributed by atoms with Gasteiger partial charge in [-0.05, 0) is 42.8 Å². The molecule has 0 bridgehead atoms. The van der Waals surface area contributed by atoms with Gasteiger partial charge in [-0.2, -0.15) is 5.10 Å². The summed E-state index contributed by atoms with van der Waals surface area (Å²) < 4.78 is 2.00. The first kappa shape index (κ1) is 22.1. The van der Waals surface area contributed by atoms with E-state index in [1.165, 1.54) is 31.0 Å². The molecular weight excluding hydrogens is 472 g/mol. The molecule has 1 aliphatic rings. The summed E-state index contributed by atoms with van der Waals surface area (Å²) in [4.78, 5) is 26.3. The molecule has 7 nitrogen and oxygen atoms in total. The van der Waals surface area contributed by atoms with Crippen LogP contribution in [0.5, 0.6) is 0 Å². The van der Waals surface area contributed by atoms with Gasteiger partial charge in [0.25, 0.3) is 5.91 Å². The smallest absolute Gasteiger partial charge is 0.250 e. The molecule has 170 valence electrons. The average Bonchev–Trinajstić information content (AvgIpc) is 3.58. The summed E-state index contributed by atoms with van der Waals surface area (Å²) in [5.74, 6) is 0.0790. The molecule has 0 spiro atoms. The molecule has 0 radical (unpaired) electrons. The van der Waals surface area contributed by atoms with Crippen molar-refractivity contribution < 1.29 is 4.79 Å². The molecule has 0 aliphatic carbocycles. The molecule has 0 saturated carbocycles. The monoisotopic (exact) mass is 496 g/mol. The van der Waals surface area contributed by atoms with Crippen LogP contribution in [-0.2, 0) is 11.8 Å². The molecule has 10 heteroatoms. The number of para-hydroxylation sites is 2. The van der Waals surface area contributed by atoms with Crippen LogP contribution >= 0.6 is 34.4 Å². The number of carbonyl (C=O) groups is 1. The first-order chi connectivity index (χ1) is 16.2. The first-order valence-corrected chi connectivity index (χ1v) is 13.5. The fraction of sp³-hybridized carbons (Fsp3) is 0.304. The molecule has 1 fully saturated rings. The molecule has 1 aromatic carbocycles. The number of hydrogen-bond donors (Lipinski definition) is 1. The highest BCUT2D eigenvalue weighted by Crippen LogP contribution is 2.35. The summed E-state index contributed by atoms with van der Waals surface area (Å²) >= 11 is 4.70. The van der Waals surface area contributed by atoms with E-state index in [-0.39, 0.29) is 11.7 Å². The Kier molecular flexibility index (Phi) is 6.75. The molecule has 1 N–H and O–H groups in total. The van der Waals surface area contributed by atoms with Gasteiger partial charge in [-0.25, -0.2) is 15.4 Å². The average molecular weight is 497 g/mol. The zero-order valence-corrected chi connectivity index (χ0v) is 20.7. The van der Waals surface area contributed by atoms with Crippen LogP contribution in [0.2, 0.25) is 0 Å². The number of amides is 1. The van der Waals surface area contributed by atoms with Crippen LogP contribution in [0.1, 0.15) is 24.1 Å². The van der Waals surface area contributed by atoms with E-state index in [1.807, 2.05) is 41.9 Å². The van der Waals surface area contributed by atoms with Gasteiger partial charge in [-0.3, -0.25) is 4.79 Å². The Morgan fingerprint density at radius 2 is 2.03 bits per heavy atom. The fourth-order valence-corrected chi connectivity index (χ4v) is 6.37. The lowest BCUT2D eigenvalue weighted by Gasteiger charge is -2.25. The number of benzene rings is 1. The number of aromatic nitrogens is 3. The van der Waals surface area contributed by atoms with Crippen molar-refractivity contribution >= 4 is 62.7 Å². The van der Waals surface area contributed by atoms with Gasteiger partial charge in [0, 0.05) is 20.1 Å². The molecule has 1 aliphatic heterocycles. The highest BCUT2D eigenvalue weighted by Gasteiger charge is 2.19. The molecular formula is C23H24N6OS3. The molecule has 4 aromatic rings. The van der Waals surface area contributed by atoms with Gasteiger partial charge in [0.15, 0.2) is 10.3 Å². The molecule has 1 saturated heterocycles. The number of thioether (sulfide) groups is 1. The topological polar surface area (TPSA) is 75.4 Å². The number of hydrogen-bond acceptors (Lipinski definition) is 8. The summed E-state index contributed by atoms with van der Waals surface area (Å²) in [5.41, 5.74) is 5.57. The maximum absolute atomic E-state index is 12.4. The number of aryl methyl sites for hydroxylation is 1. The Bertz CT molecular complexity index is 1270. The van der Waals surface area contributed by atoms with Crippen LogP contribution in [0, 0.1) is 0 Å². The van der Waals surface area contributed by atoms with Crippen molar-refractivity contribution in [3.05, 3.63) is 46.7 Å². The van der Waals surface area contributed by atoms with E-state index in [9.17, 15) is 4.79 Å². The highest BCUT2D eigenvalue weighted by atomic mass is 32.2. The van der Waals surface area contributed by atoms with E-state index in [0.717, 1.165) is 49.9 Å². The Morgan fingerprint density at radius 1 is 1.18 bits per heavy atom. The second-order valence-corrected chi connectivity index (χ2v) is 10.7. The Hall–Kier alpha value is -2.69. The lowest BCUT2D eigenvalue weighted by Crippen LogP contribution is -2.29. The van der Waals surface area contributed by atoms with E-state index >= 15 is 0 Å². The normalized spacial score (nSPS) is 14.4. The van der Waals surface area contributed by atoms with Crippen molar-refractivity contribution in [2.24, 2.45) is 12.1 Å². The van der Waals surface area contributed by atoms with Crippen molar-refractivity contribution in [1.29, 1.82) is 0 Å². The summed E-state index contributed by atoms with van der Waals surface area (Å²) in [6.07, 6.45) is 5.41. The summed E-state index contributed by atoms with van der Waals surface area (Å²) in [6.45, 7) is 2.09. The zero-order valence-electron chi connectivity index (χ0n) is 18.2. The van der Waals surface area contributed by atoms with Gasteiger partial charge in [0.1, 0.15) is 5.69 Å². The minimum absolute atomic E-state index is 0.165. The van der Waals surface area contributed by atoms with Crippen LogP contribution in [-0.4, -0.2) is 45.5 Å². The number of imidazole rings is 1. The molecule has 5 rings (SSSR count). The Labute approximate surface area is 204 Å². The number of thiazole rings is 1. The van der Waals surface area contributed by atoms with Crippen LogP contribution in [0.25, 0.3) is 21.6 Å². The SMILES string of the molecule is Cn1c(SCC(=O)NN=Cc2sc(N3CCCCC3)nc2-c2cccs2)nc2ccccc21. The number of nitrogens with one attached hydrogen (secondary N) is 1. The van der Waals surface area contributed by atoms with Gasteiger partial charge in [-0.15, -0.1) is 11.3 Å². The van der Waals surface area contributed by atoms with Crippen LogP contribution < -0.4 is 10.3 Å². The highest BCUT2D eigenvalue weighted by molar-refractivity contribution is 7.99. The number of piperidine rings is 1. The number of hydrazone groups is 1. The van der Waals surface area contributed by atoms with E-state index in [1.54, 1.807) is 28.9 Å². The largest absolute Gasteiger partial charge is 0.348 e. The fourth-order valence-electron chi connectivity index (χ4n) is 3.80. The number of anilines is 1. The van der Waals surface area contributed by atoms with Crippen molar-refractivity contribution in [3.63, 3.8) is 0 Å². The quantitative estimate of drug-likeness (QED) is 0.222. The number of rotatable bonds is 7. The predicted molar refractivity (Wildman–Crippen MR) is 139 cm³/mol. The third-order valence-corrected chi connectivity index (χ3v) is 8.43.